The molecule has 0 bridgehead atoms. The lowest BCUT2D eigenvalue weighted by Gasteiger charge is -2.20. The van der Waals surface area contributed by atoms with Gasteiger partial charge in [-0.05, 0) is 48.8 Å². The summed E-state index contributed by atoms with van der Waals surface area (Å²) in [7, 11) is 0. The van der Waals surface area contributed by atoms with Crippen LogP contribution in [-0.2, 0) is 4.79 Å². The molecule has 2 N–H and O–H groups in total. The Kier molecular flexibility index (Phi) is 5.05. The predicted octanol–water partition coefficient (Wildman–Crippen LogP) is 2.23. The monoisotopic (exact) mass is 330 g/mol. The highest BCUT2D eigenvalue weighted by molar-refractivity contribution is 9.10. The van der Waals surface area contributed by atoms with Gasteiger partial charge in [-0.1, -0.05) is 6.07 Å². The van der Waals surface area contributed by atoms with E-state index in [1.54, 1.807) is 0 Å². The zero-order valence-electron chi connectivity index (χ0n) is 11.0. The zero-order chi connectivity index (χ0) is 14.6. The molecule has 0 unspecified atom stereocenters. The van der Waals surface area contributed by atoms with Crippen LogP contribution in [0.2, 0.25) is 0 Å². The van der Waals surface area contributed by atoms with Crippen molar-refractivity contribution < 1.29 is 14.0 Å². The number of carbonyl (C=O) groups excluding carboxylic acids is 2. The molecule has 0 spiro atoms. The van der Waals surface area contributed by atoms with E-state index in [2.05, 4.69) is 26.6 Å². The third kappa shape index (κ3) is 4.98. The summed E-state index contributed by atoms with van der Waals surface area (Å²) in [6, 6.07) is 4.15. The van der Waals surface area contributed by atoms with E-state index in [-0.39, 0.29) is 28.0 Å². The molecule has 1 rings (SSSR count). The van der Waals surface area contributed by atoms with Gasteiger partial charge in [-0.25, -0.2) is 4.39 Å². The molecule has 1 aromatic rings. The van der Waals surface area contributed by atoms with Crippen LogP contribution in [0.15, 0.2) is 22.7 Å². The van der Waals surface area contributed by atoms with Crippen molar-refractivity contribution in [2.45, 2.75) is 26.3 Å². The molecule has 2 amide bonds. The molecule has 0 aliphatic heterocycles. The molecule has 0 aliphatic rings. The van der Waals surface area contributed by atoms with Gasteiger partial charge < -0.3 is 10.6 Å². The van der Waals surface area contributed by atoms with Gasteiger partial charge in [0, 0.05) is 5.54 Å². The smallest absolute Gasteiger partial charge is 0.252 e. The Morgan fingerprint density at radius 3 is 2.53 bits per heavy atom. The second-order valence-corrected chi connectivity index (χ2v) is 5.88. The molecule has 0 fully saturated rings. The van der Waals surface area contributed by atoms with Crippen molar-refractivity contribution in [1.29, 1.82) is 0 Å². The maximum Gasteiger partial charge on any atom is 0.252 e. The molecule has 104 valence electrons. The Labute approximate surface area is 119 Å². The maximum atomic E-state index is 13.3. The summed E-state index contributed by atoms with van der Waals surface area (Å²) < 4.78 is 13.3. The highest BCUT2D eigenvalue weighted by Gasteiger charge is 2.16. The summed E-state index contributed by atoms with van der Waals surface area (Å²) in [5, 5.41) is 5.15. The fourth-order valence-electron chi connectivity index (χ4n) is 1.40. The van der Waals surface area contributed by atoms with Crippen LogP contribution < -0.4 is 10.6 Å². The zero-order valence-corrected chi connectivity index (χ0v) is 12.6. The van der Waals surface area contributed by atoms with Crippen molar-refractivity contribution in [1.82, 2.24) is 10.6 Å². The van der Waals surface area contributed by atoms with Crippen molar-refractivity contribution in [2.75, 3.05) is 6.54 Å². The van der Waals surface area contributed by atoms with E-state index in [1.807, 2.05) is 20.8 Å². The van der Waals surface area contributed by atoms with Crippen molar-refractivity contribution >= 4 is 27.7 Å². The Morgan fingerprint density at radius 1 is 1.32 bits per heavy atom. The summed E-state index contributed by atoms with van der Waals surface area (Å²) in [6.45, 7) is 5.38. The number of carbonyl (C=O) groups is 2. The second kappa shape index (κ2) is 6.14. The van der Waals surface area contributed by atoms with Crippen LogP contribution in [-0.4, -0.2) is 23.9 Å². The van der Waals surface area contributed by atoms with Crippen LogP contribution in [0.3, 0.4) is 0 Å². The van der Waals surface area contributed by atoms with Gasteiger partial charge in [0.2, 0.25) is 5.91 Å². The highest BCUT2D eigenvalue weighted by atomic mass is 79.9. The average molecular weight is 331 g/mol. The molecule has 6 heteroatoms. The number of benzene rings is 1. The molecule has 0 aromatic heterocycles. The van der Waals surface area contributed by atoms with Gasteiger partial charge in [0.05, 0.1) is 16.6 Å². The van der Waals surface area contributed by atoms with Gasteiger partial charge in [0.15, 0.2) is 0 Å². The van der Waals surface area contributed by atoms with E-state index in [9.17, 15) is 14.0 Å². The Balaban J connectivity index is 2.61. The first-order valence-electron chi connectivity index (χ1n) is 5.74. The van der Waals surface area contributed by atoms with Crippen LogP contribution in [0.25, 0.3) is 0 Å². The first kappa shape index (κ1) is 15.6. The number of halogens is 2. The van der Waals surface area contributed by atoms with Crippen molar-refractivity contribution in [2.24, 2.45) is 0 Å². The number of nitrogens with one attached hydrogen (secondary N) is 2. The van der Waals surface area contributed by atoms with Crippen LogP contribution in [0.5, 0.6) is 0 Å². The van der Waals surface area contributed by atoms with Crippen molar-refractivity contribution in [3.8, 4) is 0 Å². The number of hydrogen-bond donors (Lipinski definition) is 2. The third-order valence-corrected chi connectivity index (χ3v) is 2.93. The Bertz CT molecular complexity index is 498. The third-order valence-electron chi connectivity index (χ3n) is 2.12. The molecule has 4 nitrogen and oxygen atoms in total. The topological polar surface area (TPSA) is 58.2 Å². The summed E-state index contributed by atoms with van der Waals surface area (Å²) in [5.74, 6) is -1.32. The van der Waals surface area contributed by atoms with E-state index in [0.717, 1.165) is 0 Å². The fourth-order valence-corrected chi connectivity index (χ4v) is 1.84. The highest BCUT2D eigenvalue weighted by Crippen LogP contribution is 2.20. The minimum absolute atomic E-state index is 0.0868. The van der Waals surface area contributed by atoms with Gasteiger partial charge in [0.1, 0.15) is 5.82 Å². The van der Waals surface area contributed by atoms with E-state index in [4.69, 9.17) is 0 Å². The molecule has 0 heterocycles. The first-order valence-corrected chi connectivity index (χ1v) is 6.53. The first-order chi connectivity index (χ1) is 8.70. The fraction of sp³-hybridized carbons (Fsp3) is 0.385. The number of amides is 2. The second-order valence-electron chi connectivity index (χ2n) is 5.08. The standard InChI is InChI=1S/C13H16BrFN2O2/c1-13(2,3)17-10(18)7-16-12(19)8-5-4-6-9(15)11(8)14/h4-6H,7H2,1-3H3,(H,16,19)(H,17,18). The normalized spacial score (nSPS) is 11.0. The molecule has 0 atom stereocenters. The molecule has 0 aliphatic carbocycles. The molecule has 1 aromatic carbocycles. The Morgan fingerprint density at radius 2 is 1.95 bits per heavy atom. The van der Waals surface area contributed by atoms with Crippen molar-refractivity contribution in [3.63, 3.8) is 0 Å². The average Bonchev–Trinajstić information content (AvgIpc) is 2.27. The lowest BCUT2D eigenvalue weighted by Crippen LogP contribution is -2.45. The SMILES string of the molecule is CC(C)(C)NC(=O)CNC(=O)c1cccc(F)c1Br. The van der Waals surface area contributed by atoms with E-state index in [1.165, 1.54) is 18.2 Å². The minimum Gasteiger partial charge on any atom is -0.350 e. The van der Waals surface area contributed by atoms with Gasteiger partial charge in [-0.3, -0.25) is 9.59 Å². The van der Waals surface area contributed by atoms with Gasteiger partial charge in [-0.2, -0.15) is 0 Å². The largest absolute Gasteiger partial charge is 0.350 e. The summed E-state index contributed by atoms with van der Waals surface area (Å²) in [5.41, 5.74) is -0.204. The Hall–Kier alpha value is -1.43. The molecule has 0 saturated carbocycles. The summed E-state index contributed by atoms with van der Waals surface area (Å²) in [4.78, 5) is 23.3. The molecule has 19 heavy (non-hydrogen) atoms. The van der Waals surface area contributed by atoms with Gasteiger partial charge >= 0.3 is 0 Å². The molecular weight excluding hydrogens is 315 g/mol. The number of rotatable bonds is 3. The van der Waals surface area contributed by atoms with E-state index < -0.39 is 11.7 Å². The maximum absolute atomic E-state index is 13.3. The molecular formula is C13H16BrFN2O2. The minimum atomic E-state index is -0.521. The quantitative estimate of drug-likeness (QED) is 0.892. The van der Waals surface area contributed by atoms with Crippen LogP contribution >= 0.6 is 15.9 Å². The predicted molar refractivity (Wildman–Crippen MR) is 74.3 cm³/mol. The molecule has 0 radical (unpaired) electrons. The van der Waals surface area contributed by atoms with Gasteiger partial charge in [0.25, 0.3) is 5.91 Å². The lowest BCUT2D eigenvalue weighted by atomic mass is 10.1. The van der Waals surface area contributed by atoms with Crippen LogP contribution in [0.4, 0.5) is 4.39 Å². The van der Waals surface area contributed by atoms with E-state index >= 15 is 0 Å². The van der Waals surface area contributed by atoms with Crippen molar-refractivity contribution in [3.05, 3.63) is 34.1 Å². The van der Waals surface area contributed by atoms with E-state index in [0.29, 0.717) is 0 Å². The lowest BCUT2D eigenvalue weighted by molar-refractivity contribution is -0.121. The van der Waals surface area contributed by atoms with Crippen LogP contribution in [0.1, 0.15) is 31.1 Å². The molecule has 0 saturated heterocycles. The summed E-state index contributed by atoms with van der Waals surface area (Å²) >= 11 is 3.00. The van der Waals surface area contributed by atoms with Crippen LogP contribution in [0, 0.1) is 5.82 Å². The van der Waals surface area contributed by atoms with Gasteiger partial charge in [-0.15, -0.1) is 0 Å². The number of hydrogen-bond acceptors (Lipinski definition) is 2. The summed E-state index contributed by atoms with van der Waals surface area (Å²) in [6.07, 6.45) is 0.